The van der Waals surface area contributed by atoms with Crippen LogP contribution in [0.2, 0.25) is 5.02 Å². The molecule has 0 aliphatic heterocycles. The average molecular weight is 310 g/mol. The van der Waals surface area contributed by atoms with Crippen molar-refractivity contribution in [1.82, 2.24) is 15.1 Å². The van der Waals surface area contributed by atoms with Crippen molar-refractivity contribution < 1.29 is 14.6 Å². The summed E-state index contributed by atoms with van der Waals surface area (Å²) >= 11 is 5.83. The van der Waals surface area contributed by atoms with Crippen LogP contribution in [-0.2, 0) is 7.05 Å². The number of halogens is 1. The molecule has 0 saturated carbocycles. The second-order valence-corrected chi connectivity index (χ2v) is 4.89. The van der Waals surface area contributed by atoms with Gasteiger partial charge in [0.15, 0.2) is 0 Å². The maximum Gasteiger partial charge on any atom is 0.258 e. The van der Waals surface area contributed by atoms with Gasteiger partial charge in [-0.05, 0) is 17.7 Å². The summed E-state index contributed by atoms with van der Waals surface area (Å²) in [5.41, 5.74) is 1.07. The Kier molecular flexibility index (Phi) is 4.82. The first-order valence-electron chi connectivity index (χ1n) is 6.30. The number of hydrogen-bond acceptors (Lipinski definition) is 4. The van der Waals surface area contributed by atoms with E-state index >= 15 is 0 Å². The second-order valence-electron chi connectivity index (χ2n) is 4.45. The van der Waals surface area contributed by atoms with Gasteiger partial charge in [-0.25, -0.2) is 4.68 Å². The number of carbonyl (C=O) groups excluding carboxylic acids is 1. The van der Waals surface area contributed by atoms with Gasteiger partial charge in [0.2, 0.25) is 5.88 Å². The molecule has 0 aliphatic carbocycles. The maximum atomic E-state index is 12.3. The monoisotopic (exact) mass is 309 g/mol. The van der Waals surface area contributed by atoms with Crippen LogP contribution in [0.15, 0.2) is 30.5 Å². The molecule has 2 N–H and O–H groups in total. The molecule has 1 unspecified atom stereocenters. The third-order valence-corrected chi connectivity index (χ3v) is 3.33. The van der Waals surface area contributed by atoms with Crippen molar-refractivity contribution in [1.29, 1.82) is 0 Å². The molecule has 0 bridgehead atoms. The number of benzene rings is 1. The van der Waals surface area contributed by atoms with E-state index in [1.807, 2.05) is 0 Å². The predicted molar refractivity (Wildman–Crippen MR) is 78.5 cm³/mol. The van der Waals surface area contributed by atoms with Crippen LogP contribution in [0.1, 0.15) is 22.0 Å². The third-order valence-electron chi connectivity index (χ3n) is 3.08. The van der Waals surface area contributed by atoms with Crippen molar-refractivity contribution in [3.63, 3.8) is 0 Å². The molecule has 0 radical (unpaired) electrons. The number of nitrogens with zero attached hydrogens (tertiary/aromatic N) is 2. The van der Waals surface area contributed by atoms with Gasteiger partial charge < -0.3 is 15.2 Å². The first-order chi connectivity index (χ1) is 10.1. The fraction of sp³-hybridized carbons (Fsp3) is 0.286. The minimum absolute atomic E-state index is 0.226. The van der Waals surface area contributed by atoms with Crippen molar-refractivity contribution in [2.45, 2.75) is 6.04 Å². The zero-order valence-corrected chi connectivity index (χ0v) is 12.5. The van der Waals surface area contributed by atoms with Gasteiger partial charge >= 0.3 is 0 Å². The average Bonchev–Trinajstić information content (AvgIpc) is 2.86. The van der Waals surface area contributed by atoms with Gasteiger partial charge in [-0.3, -0.25) is 4.79 Å². The van der Waals surface area contributed by atoms with Crippen molar-refractivity contribution >= 4 is 17.5 Å². The number of aliphatic hydroxyl groups excluding tert-OH is 1. The van der Waals surface area contributed by atoms with Crippen molar-refractivity contribution in [3.8, 4) is 5.88 Å². The van der Waals surface area contributed by atoms with Crippen LogP contribution in [0, 0.1) is 0 Å². The lowest BCUT2D eigenvalue weighted by atomic mass is 10.1. The number of amides is 1. The van der Waals surface area contributed by atoms with Crippen molar-refractivity contribution in [2.24, 2.45) is 7.05 Å². The molecule has 0 saturated heterocycles. The SMILES string of the molecule is COc1c(C(=O)NC(CO)c2ccc(Cl)cc2)cnn1C. The van der Waals surface area contributed by atoms with Gasteiger partial charge in [-0.2, -0.15) is 5.10 Å². The van der Waals surface area contributed by atoms with Gasteiger partial charge in [0, 0.05) is 12.1 Å². The molecule has 0 aliphatic rings. The molecule has 1 heterocycles. The first kappa shape index (κ1) is 15.3. The van der Waals surface area contributed by atoms with Crippen LogP contribution < -0.4 is 10.1 Å². The Morgan fingerprint density at radius 2 is 2.14 bits per heavy atom. The molecule has 1 aromatic carbocycles. The third kappa shape index (κ3) is 3.34. The molecule has 1 atom stereocenters. The number of rotatable bonds is 5. The first-order valence-corrected chi connectivity index (χ1v) is 6.67. The number of hydrogen-bond donors (Lipinski definition) is 2. The largest absolute Gasteiger partial charge is 0.481 e. The summed E-state index contributed by atoms with van der Waals surface area (Å²) in [6.45, 7) is -0.226. The number of aliphatic hydroxyl groups is 1. The fourth-order valence-electron chi connectivity index (χ4n) is 1.99. The molecule has 0 fully saturated rings. The molecule has 0 spiro atoms. The number of ether oxygens (including phenoxy) is 1. The van der Waals surface area contributed by atoms with Crippen molar-refractivity contribution in [3.05, 3.63) is 46.6 Å². The summed E-state index contributed by atoms with van der Waals surface area (Å²) in [5, 5.41) is 16.8. The Morgan fingerprint density at radius 3 is 2.71 bits per heavy atom. The maximum absolute atomic E-state index is 12.3. The van der Waals surface area contributed by atoms with Crippen molar-refractivity contribution in [2.75, 3.05) is 13.7 Å². The summed E-state index contributed by atoms with van der Waals surface area (Å²) in [4.78, 5) is 12.3. The Balaban J connectivity index is 2.18. The zero-order chi connectivity index (χ0) is 15.4. The van der Waals surface area contributed by atoms with E-state index in [2.05, 4.69) is 10.4 Å². The zero-order valence-electron chi connectivity index (χ0n) is 11.7. The van der Waals surface area contributed by atoms with Gasteiger partial charge in [0.25, 0.3) is 5.91 Å². The minimum atomic E-state index is -0.528. The van der Waals surface area contributed by atoms with Crippen LogP contribution in [0.25, 0.3) is 0 Å². The van der Waals surface area contributed by atoms with Gasteiger partial charge in [0.1, 0.15) is 5.56 Å². The molecule has 2 aromatic rings. The lowest BCUT2D eigenvalue weighted by molar-refractivity contribution is 0.0912. The van der Waals surface area contributed by atoms with Crippen LogP contribution in [0.3, 0.4) is 0 Å². The summed E-state index contributed by atoms with van der Waals surface area (Å²) in [7, 11) is 3.15. The van der Waals surface area contributed by atoms with E-state index in [1.165, 1.54) is 18.0 Å². The lowest BCUT2D eigenvalue weighted by Gasteiger charge is -2.16. The van der Waals surface area contributed by atoms with Gasteiger partial charge in [0.05, 0.1) is 26.0 Å². The smallest absolute Gasteiger partial charge is 0.258 e. The standard InChI is InChI=1S/C14H16ClN3O3/c1-18-14(21-2)11(7-16-18)13(20)17-12(8-19)9-3-5-10(15)6-4-9/h3-7,12,19H,8H2,1-2H3,(H,17,20). The highest BCUT2D eigenvalue weighted by Gasteiger charge is 2.20. The number of methoxy groups -OCH3 is 1. The van der Waals surface area contributed by atoms with E-state index in [1.54, 1.807) is 31.3 Å². The topological polar surface area (TPSA) is 76.4 Å². The molecular formula is C14H16ClN3O3. The Hall–Kier alpha value is -2.05. The van der Waals surface area contributed by atoms with Crippen LogP contribution in [0.5, 0.6) is 5.88 Å². The molecule has 2 rings (SSSR count). The Bertz CT molecular complexity index is 625. The molecule has 6 nitrogen and oxygen atoms in total. The fourth-order valence-corrected chi connectivity index (χ4v) is 2.12. The number of nitrogens with one attached hydrogen (secondary N) is 1. The van der Waals surface area contributed by atoms with Crippen LogP contribution >= 0.6 is 11.6 Å². The van der Waals surface area contributed by atoms with E-state index in [0.29, 0.717) is 16.5 Å². The quantitative estimate of drug-likeness (QED) is 0.878. The van der Waals surface area contributed by atoms with Crippen LogP contribution in [0.4, 0.5) is 0 Å². The number of aryl methyl sites for hydroxylation is 1. The van der Waals surface area contributed by atoms with Gasteiger partial charge in [-0.1, -0.05) is 23.7 Å². The van der Waals surface area contributed by atoms with Gasteiger partial charge in [-0.15, -0.1) is 0 Å². The predicted octanol–water partition coefficient (Wildman–Crippen LogP) is 1.55. The van der Waals surface area contributed by atoms with E-state index < -0.39 is 6.04 Å². The highest BCUT2D eigenvalue weighted by molar-refractivity contribution is 6.30. The Labute approximate surface area is 127 Å². The highest BCUT2D eigenvalue weighted by atomic mass is 35.5. The Morgan fingerprint density at radius 1 is 1.48 bits per heavy atom. The second kappa shape index (κ2) is 6.60. The van der Waals surface area contributed by atoms with E-state index in [-0.39, 0.29) is 12.5 Å². The summed E-state index contributed by atoms with van der Waals surface area (Å²) in [6, 6.07) is 6.39. The molecule has 1 amide bonds. The van der Waals surface area contributed by atoms with E-state index in [9.17, 15) is 9.90 Å². The molecule has 1 aromatic heterocycles. The molecule has 112 valence electrons. The molecular weight excluding hydrogens is 294 g/mol. The van der Waals surface area contributed by atoms with E-state index in [0.717, 1.165) is 5.56 Å². The molecule has 7 heteroatoms. The summed E-state index contributed by atoms with van der Waals surface area (Å²) in [5.74, 6) is -0.00533. The minimum Gasteiger partial charge on any atom is -0.481 e. The highest BCUT2D eigenvalue weighted by Crippen LogP contribution is 2.20. The van der Waals surface area contributed by atoms with E-state index in [4.69, 9.17) is 16.3 Å². The normalized spacial score (nSPS) is 12.0. The molecule has 21 heavy (non-hydrogen) atoms. The lowest BCUT2D eigenvalue weighted by Crippen LogP contribution is -2.30. The van der Waals surface area contributed by atoms with Crippen LogP contribution in [-0.4, -0.2) is 34.5 Å². The number of carbonyl (C=O) groups is 1. The summed E-state index contributed by atoms with van der Waals surface area (Å²) < 4.78 is 6.60. The number of aromatic nitrogens is 2. The summed E-state index contributed by atoms with van der Waals surface area (Å²) in [6.07, 6.45) is 1.42.